The first kappa shape index (κ1) is 9.12. The number of nitrogens with one attached hydrogen (secondary N) is 2. The highest BCUT2D eigenvalue weighted by atomic mass is 35.5. The van der Waals surface area contributed by atoms with Gasteiger partial charge in [0, 0.05) is 12.4 Å². The Morgan fingerprint density at radius 3 is 2.80 bits per heavy atom. The molecule has 2 amide bonds. The molecule has 0 spiro atoms. The molecule has 0 aliphatic heterocycles. The van der Waals surface area contributed by atoms with Crippen LogP contribution in [-0.2, 0) is 0 Å². The van der Waals surface area contributed by atoms with Crippen LogP contribution in [0.3, 0.4) is 0 Å². The minimum Gasteiger partial charge on any atom is -0.337 e. The van der Waals surface area contributed by atoms with E-state index in [1.54, 1.807) is 0 Å². The zero-order chi connectivity index (χ0) is 7.82. The zero-order valence-corrected chi connectivity index (χ0v) is 6.24. The average Bonchev–Trinajstić information content (AvgIpc) is 1.97. The molecule has 0 aromatic rings. The first-order chi connectivity index (χ1) is 4.81. The Bertz CT molecular complexity index is 141. The van der Waals surface area contributed by atoms with Gasteiger partial charge in [-0.3, -0.25) is 0 Å². The zero-order valence-electron chi connectivity index (χ0n) is 5.48. The molecule has 0 heterocycles. The fraction of sp³-hybridized carbons (Fsp3) is 0.500. The Morgan fingerprint density at radius 1 is 1.60 bits per heavy atom. The van der Waals surface area contributed by atoms with Crippen LogP contribution in [0.1, 0.15) is 0 Å². The highest BCUT2D eigenvalue weighted by Crippen LogP contribution is 1.69. The van der Waals surface area contributed by atoms with Crippen molar-refractivity contribution in [2.75, 3.05) is 19.0 Å². The molecule has 4 heteroatoms. The normalized spacial score (nSPS) is 8.00. The van der Waals surface area contributed by atoms with Crippen LogP contribution in [0.25, 0.3) is 0 Å². The van der Waals surface area contributed by atoms with E-state index in [1.807, 2.05) is 0 Å². The third kappa shape index (κ3) is 5.26. The SMILES string of the molecule is C#CCNC(=O)NCCCl. The van der Waals surface area contributed by atoms with Gasteiger partial charge in [-0.2, -0.15) is 0 Å². The van der Waals surface area contributed by atoms with E-state index in [-0.39, 0.29) is 12.6 Å². The third-order valence-corrected chi connectivity index (χ3v) is 0.920. The van der Waals surface area contributed by atoms with E-state index in [2.05, 4.69) is 16.6 Å². The molecular formula is C6H9ClN2O. The molecule has 0 atom stereocenters. The van der Waals surface area contributed by atoms with E-state index in [9.17, 15) is 4.79 Å². The van der Waals surface area contributed by atoms with E-state index in [0.717, 1.165) is 0 Å². The summed E-state index contributed by atoms with van der Waals surface area (Å²) in [5, 5.41) is 4.91. The Balaban J connectivity index is 3.19. The Labute approximate surface area is 65.1 Å². The van der Waals surface area contributed by atoms with Crippen molar-refractivity contribution in [2.45, 2.75) is 0 Å². The van der Waals surface area contributed by atoms with Crippen molar-refractivity contribution < 1.29 is 4.79 Å². The van der Waals surface area contributed by atoms with Gasteiger partial charge >= 0.3 is 6.03 Å². The van der Waals surface area contributed by atoms with Crippen LogP contribution >= 0.6 is 11.6 Å². The third-order valence-electron chi connectivity index (χ3n) is 0.731. The molecule has 3 nitrogen and oxygen atoms in total. The molecule has 0 unspecified atom stereocenters. The maximum Gasteiger partial charge on any atom is 0.315 e. The summed E-state index contributed by atoms with van der Waals surface area (Å²) in [6, 6.07) is -0.279. The van der Waals surface area contributed by atoms with Crippen LogP contribution in [0.15, 0.2) is 0 Å². The summed E-state index contributed by atoms with van der Waals surface area (Å²) in [6.07, 6.45) is 4.89. The summed E-state index contributed by atoms with van der Waals surface area (Å²) in [5.74, 6) is 2.68. The fourth-order valence-corrected chi connectivity index (χ4v) is 0.449. The van der Waals surface area contributed by atoms with Gasteiger partial charge in [0.15, 0.2) is 0 Å². The van der Waals surface area contributed by atoms with Gasteiger partial charge in [-0.05, 0) is 0 Å². The maximum atomic E-state index is 10.6. The number of halogens is 1. The number of hydrogen-bond acceptors (Lipinski definition) is 1. The first-order valence-corrected chi connectivity index (χ1v) is 3.36. The van der Waals surface area contributed by atoms with Gasteiger partial charge in [0.1, 0.15) is 0 Å². The molecule has 0 saturated heterocycles. The number of rotatable bonds is 3. The number of carbonyl (C=O) groups is 1. The van der Waals surface area contributed by atoms with Crippen LogP contribution in [0.4, 0.5) is 4.79 Å². The van der Waals surface area contributed by atoms with Crippen molar-refractivity contribution in [3.63, 3.8) is 0 Å². The monoisotopic (exact) mass is 160 g/mol. The molecule has 0 aliphatic rings. The van der Waals surface area contributed by atoms with Gasteiger partial charge < -0.3 is 10.6 Å². The molecule has 10 heavy (non-hydrogen) atoms. The Hall–Kier alpha value is -0.880. The van der Waals surface area contributed by atoms with Crippen LogP contribution in [0.2, 0.25) is 0 Å². The minimum absolute atomic E-state index is 0.244. The highest BCUT2D eigenvalue weighted by Gasteiger charge is 1.93. The van der Waals surface area contributed by atoms with E-state index >= 15 is 0 Å². The number of hydrogen-bond donors (Lipinski definition) is 2. The molecule has 2 N–H and O–H groups in total. The van der Waals surface area contributed by atoms with E-state index in [1.165, 1.54) is 0 Å². The Kier molecular flexibility index (Phi) is 5.69. The standard InChI is InChI=1S/C6H9ClN2O/c1-2-4-8-6(10)9-5-3-7/h1H,3-5H2,(H2,8,9,10). The van der Waals surface area contributed by atoms with Crippen molar-refractivity contribution in [2.24, 2.45) is 0 Å². The molecule has 0 aromatic carbocycles. The number of alkyl halides is 1. The van der Waals surface area contributed by atoms with Gasteiger partial charge in [-0.15, -0.1) is 18.0 Å². The predicted molar refractivity (Wildman–Crippen MR) is 41.0 cm³/mol. The van der Waals surface area contributed by atoms with Gasteiger partial charge in [-0.1, -0.05) is 5.92 Å². The second-order valence-corrected chi connectivity index (χ2v) is 1.88. The number of urea groups is 1. The summed E-state index contributed by atoms with van der Waals surface area (Å²) < 4.78 is 0. The fourth-order valence-electron chi connectivity index (χ4n) is 0.355. The topological polar surface area (TPSA) is 41.1 Å². The van der Waals surface area contributed by atoms with Gasteiger partial charge in [0.2, 0.25) is 0 Å². The number of amides is 2. The molecule has 0 aromatic heterocycles. The predicted octanol–water partition coefficient (Wildman–Crippen LogP) is 0.158. The minimum atomic E-state index is -0.279. The number of carbonyl (C=O) groups excluding carboxylic acids is 1. The van der Waals surface area contributed by atoms with Crippen molar-refractivity contribution in [1.82, 2.24) is 10.6 Å². The second-order valence-electron chi connectivity index (χ2n) is 1.50. The average molecular weight is 161 g/mol. The van der Waals surface area contributed by atoms with E-state index < -0.39 is 0 Å². The second kappa shape index (κ2) is 6.24. The quantitative estimate of drug-likeness (QED) is 0.448. The van der Waals surface area contributed by atoms with Gasteiger partial charge in [-0.25, -0.2) is 4.79 Å². The van der Waals surface area contributed by atoms with Crippen molar-refractivity contribution in [3.8, 4) is 12.3 Å². The number of terminal acetylenes is 1. The molecule has 0 fully saturated rings. The Morgan fingerprint density at radius 2 is 2.30 bits per heavy atom. The van der Waals surface area contributed by atoms with E-state index in [4.69, 9.17) is 18.0 Å². The largest absolute Gasteiger partial charge is 0.337 e. The molecule has 56 valence electrons. The van der Waals surface area contributed by atoms with Crippen LogP contribution in [-0.4, -0.2) is 25.0 Å². The molecule has 0 bridgehead atoms. The molecule has 0 rings (SSSR count). The van der Waals surface area contributed by atoms with E-state index in [0.29, 0.717) is 12.4 Å². The van der Waals surface area contributed by atoms with Crippen molar-refractivity contribution in [1.29, 1.82) is 0 Å². The highest BCUT2D eigenvalue weighted by molar-refractivity contribution is 6.18. The first-order valence-electron chi connectivity index (χ1n) is 2.82. The van der Waals surface area contributed by atoms with Gasteiger partial charge in [0.05, 0.1) is 6.54 Å². The van der Waals surface area contributed by atoms with Gasteiger partial charge in [0.25, 0.3) is 0 Å². The smallest absolute Gasteiger partial charge is 0.315 e. The lowest BCUT2D eigenvalue weighted by molar-refractivity contribution is 0.242. The van der Waals surface area contributed by atoms with Crippen LogP contribution in [0.5, 0.6) is 0 Å². The van der Waals surface area contributed by atoms with Crippen LogP contribution < -0.4 is 10.6 Å². The molecular weight excluding hydrogens is 152 g/mol. The van der Waals surface area contributed by atoms with Crippen molar-refractivity contribution in [3.05, 3.63) is 0 Å². The summed E-state index contributed by atoms with van der Waals surface area (Å²) in [5.41, 5.74) is 0. The summed E-state index contributed by atoms with van der Waals surface area (Å²) in [6.45, 7) is 0.700. The summed E-state index contributed by atoms with van der Waals surface area (Å²) in [7, 11) is 0. The molecule has 0 saturated carbocycles. The molecule has 0 radical (unpaired) electrons. The van der Waals surface area contributed by atoms with Crippen LogP contribution in [0, 0.1) is 12.3 Å². The molecule has 0 aliphatic carbocycles. The summed E-state index contributed by atoms with van der Waals surface area (Å²) >= 11 is 5.30. The lowest BCUT2D eigenvalue weighted by Crippen LogP contribution is -2.36. The lowest BCUT2D eigenvalue weighted by atomic mass is 10.6. The maximum absolute atomic E-state index is 10.6. The summed E-state index contributed by atoms with van der Waals surface area (Å²) in [4.78, 5) is 10.6. The lowest BCUT2D eigenvalue weighted by Gasteiger charge is -2.01. The van der Waals surface area contributed by atoms with Crippen molar-refractivity contribution >= 4 is 17.6 Å².